The minimum Gasteiger partial charge on any atom is -0.383 e. The maximum atomic E-state index is 5.87. The van der Waals surface area contributed by atoms with Gasteiger partial charge in [0.15, 0.2) is 0 Å². The number of nitrogens with zero attached hydrogens (tertiary/aromatic N) is 2. The number of anilines is 1. The standard InChI is InChI=1S/C9H13N3S2/c1-13-3-2-8-11-7-5-14-4-6(7)9(10)12-8/h2-5H2,1H3,(H2,10,11,12). The highest BCUT2D eigenvalue weighted by atomic mass is 32.2. The van der Waals surface area contributed by atoms with Crippen LogP contribution in [0.15, 0.2) is 0 Å². The van der Waals surface area contributed by atoms with Gasteiger partial charge in [0.2, 0.25) is 0 Å². The number of fused-ring (bicyclic) bond motifs is 1. The summed E-state index contributed by atoms with van der Waals surface area (Å²) in [6.07, 6.45) is 3.01. The van der Waals surface area contributed by atoms with Crippen molar-refractivity contribution in [1.29, 1.82) is 0 Å². The van der Waals surface area contributed by atoms with Gasteiger partial charge in [-0.2, -0.15) is 23.5 Å². The number of hydrogen-bond donors (Lipinski definition) is 1. The first-order chi connectivity index (χ1) is 6.81. The van der Waals surface area contributed by atoms with Gasteiger partial charge >= 0.3 is 0 Å². The van der Waals surface area contributed by atoms with Crippen LogP contribution in [0.1, 0.15) is 17.1 Å². The van der Waals surface area contributed by atoms with E-state index in [1.165, 1.54) is 0 Å². The smallest absolute Gasteiger partial charge is 0.131 e. The molecule has 0 bridgehead atoms. The van der Waals surface area contributed by atoms with Crippen LogP contribution in [0.4, 0.5) is 5.82 Å². The lowest BCUT2D eigenvalue weighted by Crippen LogP contribution is -2.06. The normalized spacial score (nSPS) is 14.4. The average Bonchev–Trinajstić information content (AvgIpc) is 2.63. The topological polar surface area (TPSA) is 51.8 Å². The average molecular weight is 227 g/mol. The Bertz CT molecular complexity index is 341. The van der Waals surface area contributed by atoms with E-state index in [1.54, 1.807) is 0 Å². The summed E-state index contributed by atoms with van der Waals surface area (Å²) in [5.74, 6) is 4.62. The van der Waals surface area contributed by atoms with E-state index in [9.17, 15) is 0 Å². The van der Waals surface area contributed by atoms with E-state index in [0.29, 0.717) is 5.82 Å². The fraction of sp³-hybridized carbons (Fsp3) is 0.556. The molecule has 1 aliphatic rings. The van der Waals surface area contributed by atoms with E-state index in [4.69, 9.17) is 5.73 Å². The molecule has 0 fully saturated rings. The predicted molar refractivity (Wildman–Crippen MR) is 63.5 cm³/mol. The lowest BCUT2D eigenvalue weighted by Gasteiger charge is -2.04. The highest BCUT2D eigenvalue weighted by Gasteiger charge is 2.17. The summed E-state index contributed by atoms with van der Waals surface area (Å²) in [4.78, 5) is 8.85. The zero-order chi connectivity index (χ0) is 9.97. The zero-order valence-corrected chi connectivity index (χ0v) is 9.75. The molecule has 0 aromatic carbocycles. The van der Waals surface area contributed by atoms with Crippen molar-refractivity contribution in [3.05, 3.63) is 17.1 Å². The largest absolute Gasteiger partial charge is 0.383 e. The van der Waals surface area contributed by atoms with Gasteiger partial charge < -0.3 is 5.73 Å². The molecule has 0 radical (unpaired) electrons. The number of aromatic nitrogens is 2. The molecule has 14 heavy (non-hydrogen) atoms. The highest BCUT2D eigenvalue weighted by Crippen LogP contribution is 2.31. The minimum absolute atomic E-state index is 0.691. The van der Waals surface area contributed by atoms with Gasteiger partial charge in [-0.25, -0.2) is 9.97 Å². The molecule has 2 rings (SSSR count). The van der Waals surface area contributed by atoms with Crippen molar-refractivity contribution >= 4 is 29.3 Å². The molecule has 3 nitrogen and oxygen atoms in total. The molecule has 0 spiro atoms. The summed E-state index contributed by atoms with van der Waals surface area (Å²) in [6.45, 7) is 0. The van der Waals surface area contributed by atoms with E-state index < -0.39 is 0 Å². The fourth-order valence-electron chi connectivity index (χ4n) is 1.43. The Morgan fingerprint density at radius 1 is 1.43 bits per heavy atom. The Morgan fingerprint density at radius 3 is 3.07 bits per heavy atom. The van der Waals surface area contributed by atoms with Crippen LogP contribution in [0.2, 0.25) is 0 Å². The van der Waals surface area contributed by atoms with Gasteiger partial charge in [0.1, 0.15) is 11.6 Å². The van der Waals surface area contributed by atoms with Crippen LogP contribution in [-0.4, -0.2) is 22.0 Å². The lowest BCUT2D eigenvalue weighted by atomic mass is 10.2. The summed E-state index contributed by atoms with van der Waals surface area (Å²) >= 11 is 3.67. The number of nitrogen functional groups attached to an aromatic ring is 1. The van der Waals surface area contributed by atoms with Crippen molar-refractivity contribution in [2.45, 2.75) is 17.9 Å². The monoisotopic (exact) mass is 227 g/mol. The summed E-state index contributed by atoms with van der Waals surface area (Å²) in [5, 5.41) is 0. The Hall–Kier alpha value is -0.420. The van der Waals surface area contributed by atoms with Crippen LogP contribution in [0.3, 0.4) is 0 Å². The quantitative estimate of drug-likeness (QED) is 0.852. The molecule has 1 aromatic heterocycles. The first-order valence-electron chi connectivity index (χ1n) is 4.52. The van der Waals surface area contributed by atoms with Crippen LogP contribution in [-0.2, 0) is 17.9 Å². The molecule has 0 saturated carbocycles. The van der Waals surface area contributed by atoms with Crippen molar-refractivity contribution in [2.75, 3.05) is 17.7 Å². The summed E-state index contributed by atoms with van der Waals surface area (Å²) < 4.78 is 0. The van der Waals surface area contributed by atoms with Crippen LogP contribution in [0.5, 0.6) is 0 Å². The van der Waals surface area contributed by atoms with Crippen LogP contribution >= 0.6 is 23.5 Å². The second-order valence-electron chi connectivity index (χ2n) is 3.19. The molecule has 2 N–H and O–H groups in total. The lowest BCUT2D eigenvalue weighted by molar-refractivity contribution is 0.918. The van der Waals surface area contributed by atoms with Crippen molar-refractivity contribution < 1.29 is 0 Å². The SMILES string of the molecule is CSCCc1nc(N)c2c(n1)CSC2. The molecule has 0 unspecified atom stereocenters. The van der Waals surface area contributed by atoms with Crippen LogP contribution in [0.25, 0.3) is 0 Å². The van der Waals surface area contributed by atoms with Gasteiger partial charge in [0.25, 0.3) is 0 Å². The summed E-state index contributed by atoms with van der Waals surface area (Å²) in [6, 6.07) is 0. The number of aryl methyl sites for hydroxylation is 1. The third kappa shape index (κ3) is 1.98. The maximum absolute atomic E-state index is 5.87. The molecule has 1 aromatic rings. The molecule has 0 amide bonds. The van der Waals surface area contributed by atoms with Crippen molar-refractivity contribution in [2.24, 2.45) is 0 Å². The van der Waals surface area contributed by atoms with E-state index in [1.807, 2.05) is 23.5 Å². The van der Waals surface area contributed by atoms with Crippen molar-refractivity contribution in [3.8, 4) is 0 Å². The summed E-state index contributed by atoms with van der Waals surface area (Å²) in [7, 11) is 0. The van der Waals surface area contributed by atoms with E-state index in [0.717, 1.165) is 40.8 Å². The van der Waals surface area contributed by atoms with Crippen LogP contribution in [0, 0.1) is 0 Å². The van der Waals surface area contributed by atoms with Gasteiger partial charge in [0.05, 0.1) is 5.69 Å². The highest BCUT2D eigenvalue weighted by molar-refractivity contribution is 7.98. The Morgan fingerprint density at radius 2 is 2.29 bits per heavy atom. The van der Waals surface area contributed by atoms with Crippen molar-refractivity contribution in [3.63, 3.8) is 0 Å². The second kappa shape index (κ2) is 4.40. The predicted octanol–water partition coefficient (Wildman–Crippen LogP) is 1.71. The molecule has 76 valence electrons. The Kier molecular flexibility index (Phi) is 3.18. The van der Waals surface area contributed by atoms with Gasteiger partial charge in [-0.05, 0) is 6.26 Å². The molecule has 5 heteroatoms. The molecule has 0 saturated heterocycles. The Balaban J connectivity index is 2.23. The first-order valence-corrected chi connectivity index (χ1v) is 7.07. The number of thioether (sulfide) groups is 2. The van der Waals surface area contributed by atoms with E-state index in [-0.39, 0.29) is 0 Å². The molecular formula is C9H13N3S2. The number of rotatable bonds is 3. The zero-order valence-electron chi connectivity index (χ0n) is 8.12. The minimum atomic E-state index is 0.691. The molecule has 2 heterocycles. The summed E-state index contributed by atoms with van der Waals surface area (Å²) in [5.41, 5.74) is 8.18. The van der Waals surface area contributed by atoms with Gasteiger partial charge in [0, 0.05) is 29.2 Å². The van der Waals surface area contributed by atoms with Gasteiger partial charge in [-0.1, -0.05) is 0 Å². The van der Waals surface area contributed by atoms with E-state index >= 15 is 0 Å². The van der Waals surface area contributed by atoms with Crippen LogP contribution < -0.4 is 5.73 Å². The number of nitrogens with two attached hydrogens (primary N) is 1. The molecule has 0 atom stereocenters. The maximum Gasteiger partial charge on any atom is 0.131 e. The Labute approximate surface area is 92.3 Å². The molecule has 1 aliphatic heterocycles. The first kappa shape index (κ1) is 10.1. The third-order valence-electron chi connectivity index (χ3n) is 2.19. The fourth-order valence-corrected chi connectivity index (χ4v) is 2.87. The third-order valence-corrected chi connectivity index (χ3v) is 3.77. The molecule has 0 aliphatic carbocycles. The second-order valence-corrected chi connectivity index (χ2v) is 5.16. The number of hydrogen-bond acceptors (Lipinski definition) is 5. The van der Waals surface area contributed by atoms with Gasteiger partial charge in [-0.15, -0.1) is 0 Å². The van der Waals surface area contributed by atoms with E-state index in [2.05, 4.69) is 16.2 Å². The van der Waals surface area contributed by atoms with Gasteiger partial charge in [-0.3, -0.25) is 0 Å². The van der Waals surface area contributed by atoms with Crippen molar-refractivity contribution in [1.82, 2.24) is 9.97 Å². The molecular weight excluding hydrogens is 214 g/mol.